The third-order valence-electron chi connectivity index (χ3n) is 6.39. The van der Waals surface area contributed by atoms with Crippen molar-refractivity contribution in [1.29, 1.82) is 0 Å². The van der Waals surface area contributed by atoms with Crippen LogP contribution in [0.1, 0.15) is 40.1 Å². The Balaban J connectivity index is 1.40. The summed E-state index contributed by atoms with van der Waals surface area (Å²) >= 11 is 1.35. The summed E-state index contributed by atoms with van der Waals surface area (Å²) in [6, 6.07) is 29.3. The van der Waals surface area contributed by atoms with Crippen molar-refractivity contribution in [2.24, 2.45) is 0 Å². The minimum absolute atomic E-state index is 0.0520. The van der Waals surface area contributed by atoms with E-state index in [-0.39, 0.29) is 18.2 Å². The first-order chi connectivity index (χ1) is 21.7. The molecule has 0 aromatic heterocycles. The van der Waals surface area contributed by atoms with Crippen molar-refractivity contribution in [3.63, 3.8) is 0 Å². The van der Waals surface area contributed by atoms with Crippen LogP contribution < -0.4 is 20.7 Å². The van der Waals surface area contributed by atoms with Crippen LogP contribution >= 0.6 is 11.8 Å². The molecule has 0 saturated carbocycles. The van der Waals surface area contributed by atoms with E-state index in [1.165, 1.54) is 11.8 Å². The van der Waals surface area contributed by atoms with Gasteiger partial charge in [0.15, 0.2) is 0 Å². The SMILES string of the molecule is CCOC(=O)c1ccc(NC(=O)C(C)Sc2ccc(NC(=O)/C(=C/c3cccc(OC)c3)NC(=O)c3ccccc3)cc2)cc1. The van der Waals surface area contributed by atoms with Gasteiger partial charge < -0.3 is 25.4 Å². The summed E-state index contributed by atoms with van der Waals surface area (Å²) in [7, 11) is 1.55. The Kier molecular flexibility index (Phi) is 11.5. The molecule has 3 N–H and O–H groups in total. The smallest absolute Gasteiger partial charge is 0.338 e. The highest BCUT2D eigenvalue weighted by molar-refractivity contribution is 8.00. The molecule has 1 atom stereocenters. The number of thioether (sulfide) groups is 1. The lowest BCUT2D eigenvalue weighted by Gasteiger charge is -2.14. The molecule has 10 heteroatoms. The topological polar surface area (TPSA) is 123 Å². The molecule has 4 aromatic rings. The van der Waals surface area contributed by atoms with Crippen molar-refractivity contribution in [2.45, 2.75) is 24.0 Å². The Morgan fingerprint density at radius 3 is 2.13 bits per heavy atom. The number of amides is 3. The quantitative estimate of drug-likeness (QED) is 0.0948. The first-order valence-corrected chi connectivity index (χ1v) is 15.0. The maximum atomic E-state index is 13.3. The van der Waals surface area contributed by atoms with Gasteiger partial charge in [0.05, 0.1) is 24.5 Å². The van der Waals surface area contributed by atoms with E-state index < -0.39 is 23.0 Å². The van der Waals surface area contributed by atoms with Gasteiger partial charge in [-0.2, -0.15) is 0 Å². The summed E-state index contributed by atoms with van der Waals surface area (Å²) < 4.78 is 10.3. The number of hydrogen-bond acceptors (Lipinski definition) is 7. The zero-order valence-electron chi connectivity index (χ0n) is 25.0. The summed E-state index contributed by atoms with van der Waals surface area (Å²) in [6.45, 7) is 3.81. The lowest BCUT2D eigenvalue weighted by Crippen LogP contribution is -2.30. The molecule has 230 valence electrons. The molecule has 0 spiro atoms. The third kappa shape index (κ3) is 9.57. The fourth-order valence-electron chi connectivity index (χ4n) is 4.06. The molecule has 0 aliphatic heterocycles. The normalized spacial score (nSPS) is 11.6. The molecule has 0 heterocycles. The number of anilines is 2. The Labute approximate surface area is 266 Å². The molecule has 0 radical (unpaired) electrons. The first kappa shape index (κ1) is 32.6. The second-order valence-electron chi connectivity index (χ2n) is 9.68. The maximum absolute atomic E-state index is 13.3. The molecule has 4 aromatic carbocycles. The van der Waals surface area contributed by atoms with E-state index in [1.54, 1.807) is 130 Å². The van der Waals surface area contributed by atoms with Gasteiger partial charge in [0.25, 0.3) is 11.8 Å². The monoisotopic (exact) mass is 623 g/mol. The minimum Gasteiger partial charge on any atom is -0.497 e. The summed E-state index contributed by atoms with van der Waals surface area (Å²) in [5.41, 5.74) is 2.61. The highest BCUT2D eigenvalue weighted by Gasteiger charge is 2.17. The molecule has 0 bridgehead atoms. The highest BCUT2D eigenvalue weighted by Crippen LogP contribution is 2.26. The van der Waals surface area contributed by atoms with Gasteiger partial charge in [-0.25, -0.2) is 4.79 Å². The van der Waals surface area contributed by atoms with E-state index in [4.69, 9.17) is 9.47 Å². The van der Waals surface area contributed by atoms with Crippen molar-refractivity contribution in [1.82, 2.24) is 5.32 Å². The fraction of sp³-hybridized carbons (Fsp3) is 0.143. The molecular formula is C35H33N3O6S. The predicted octanol–water partition coefficient (Wildman–Crippen LogP) is 6.40. The second kappa shape index (κ2) is 15.9. The molecule has 4 rings (SSSR count). The summed E-state index contributed by atoms with van der Waals surface area (Å²) in [5.74, 6) is -0.943. The van der Waals surface area contributed by atoms with Gasteiger partial charge in [0.2, 0.25) is 5.91 Å². The van der Waals surface area contributed by atoms with Crippen molar-refractivity contribution in [3.05, 3.63) is 126 Å². The lowest BCUT2D eigenvalue weighted by molar-refractivity contribution is -0.115. The van der Waals surface area contributed by atoms with Gasteiger partial charge in [-0.15, -0.1) is 11.8 Å². The van der Waals surface area contributed by atoms with Crippen molar-refractivity contribution in [3.8, 4) is 5.75 Å². The van der Waals surface area contributed by atoms with Crippen LogP contribution in [-0.4, -0.2) is 42.7 Å². The summed E-state index contributed by atoms with van der Waals surface area (Å²) in [6.07, 6.45) is 1.58. The summed E-state index contributed by atoms with van der Waals surface area (Å²) in [4.78, 5) is 51.7. The van der Waals surface area contributed by atoms with Crippen LogP contribution in [-0.2, 0) is 14.3 Å². The third-order valence-corrected chi connectivity index (χ3v) is 7.50. The van der Waals surface area contributed by atoms with E-state index in [0.29, 0.717) is 33.8 Å². The van der Waals surface area contributed by atoms with Gasteiger partial charge in [-0.3, -0.25) is 14.4 Å². The highest BCUT2D eigenvalue weighted by atomic mass is 32.2. The van der Waals surface area contributed by atoms with Gasteiger partial charge in [0.1, 0.15) is 11.4 Å². The van der Waals surface area contributed by atoms with E-state index in [2.05, 4.69) is 16.0 Å². The molecule has 45 heavy (non-hydrogen) atoms. The van der Waals surface area contributed by atoms with Crippen LogP contribution in [0.4, 0.5) is 11.4 Å². The van der Waals surface area contributed by atoms with Crippen LogP contribution in [0, 0.1) is 0 Å². The molecular weight excluding hydrogens is 590 g/mol. The predicted molar refractivity (Wildman–Crippen MR) is 176 cm³/mol. The molecule has 0 fully saturated rings. The molecule has 0 aliphatic carbocycles. The van der Waals surface area contributed by atoms with Crippen LogP contribution in [0.2, 0.25) is 0 Å². The standard InChI is InChI=1S/C35H33N3O6S/c1-4-44-35(42)26-13-15-27(16-14-26)36-32(39)23(2)45-30-19-17-28(18-20-30)37-34(41)31(22-24-9-8-12-29(21-24)43-3)38-33(40)25-10-6-5-7-11-25/h5-23H,4H2,1-3H3,(H,36,39)(H,37,41)(H,38,40)/b31-22-. The molecule has 1 unspecified atom stereocenters. The first-order valence-electron chi connectivity index (χ1n) is 14.1. The van der Waals surface area contributed by atoms with Crippen LogP contribution in [0.25, 0.3) is 6.08 Å². The Morgan fingerprint density at radius 2 is 1.47 bits per heavy atom. The second-order valence-corrected chi connectivity index (χ2v) is 11.1. The number of esters is 1. The lowest BCUT2D eigenvalue weighted by atomic mass is 10.1. The zero-order valence-corrected chi connectivity index (χ0v) is 25.9. The Hall–Kier alpha value is -5.35. The zero-order chi connectivity index (χ0) is 32.2. The van der Waals surface area contributed by atoms with Crippen molar-refractivity contribution >= 4 is 52.9 Å². The molecule has 0 saturated heterocycles. The van der Waals surface area contributed by atoms with Gasteiger partial charge >= 0.3 is 5.97 Å². The number of benzene rings is 4. The van der Waals surface area contributed by atoms with Crippen LogP contribution in [0.5, 0.6) is 5.75 Å². The number of rotatable bonds is 12. The summed E-state index contributed by atoms with van der Waals surface area (Å²) in [5, 5.41) is 7.97. The maximum Gasteiger partial charge on any atom is 0.338 e. The number of nitrogens with one attached hydrogen (secondary N) is 3. The fourth-order valence-corrected chi connectivity index (χ4v) is 4.93. The largest absolute Gasteiger partial charge is 0.497 e. The number of methoxy groups -OCH3 is 1. The van der Waals surface area contributed by atoms with Gasteiger partial charge in [-0.1, -0.05) is 30.3 Å². The van der Waals surface area contributed by atoms with Gasteiger partial charge in [0, 0.05) is 21.8 Å². The van der Waals surface area contributed by atoms with Crippen molar-refractivity contribution < 1.29 is 28.7 Å². The van der Waals surface area contributed by atoms with E-state index in [1.807, 2.05) is 0 Å². The van der Waals surface area contributed by atoms with Crippen LogP contribution in [0.3, 0.4) is 0 Å². The number of carbonyl (C=O) groups is 4. The number of hydrogen-bond donors (Lipinski definition) is 3. The average molecular weight is 624 g/mol. The van der Waals surface area contributed by atoms with E-state index >= 15 is 0 Å². The molecule has 9 nitrogen and oxygen atoms in total. The Bertz CT molecular complexity index is 1670. The average Bonchev–Trinajstić information content (AvgIpc) is 3.06. The van der Waals surface area contributed by atoms with E-state index in [0.717, 1.165) is 4.90 Å². The van der Waals surface area contributed by atoms with Crippen molar-refractivity contribution in [2.75, 3.05) is 24.4 Å². The molecule has 3 amide bonds. The molecule has 0 aliphatic rings. The Morgan fingerprint density at radius 1 is 0.800 bits per heavy atom. The minimum atomic E-state index is -0.510. The van der Waals surface area contributed by atoms with E-state index in [9.17, 15) is 19.2 Å². The van der Waals surface area contributed by atoms with Gasteiger partial charge in [-0.05, 0) is 98.3 Å². The van der Waals surface area contributed by atoms with Crippen LogP contribution in [0.15, 0.2) is 114 Å². The number of ether oxygens (including phenoxy) is 2. The number of carbonyl (C=O) groups excluding carboxylic acids is 4.